The highest BCUT2D eigenvalue weighted by Gasteiger charge is 2.28. The van der Waals surface area contributed by atoms with E-state index in [1.54, 1.807) is 13.2 Å². The Morgan fingerprint density at radius 2 is 1.97 bits per heavy atom. The average molecular weight is 446 g/mol. The van der Waals surface area contributed by atoms with Gasteiger partial charge in [-0.3, -0.25) is 0 Å². The van der Waals surface area contributed by atoms with Crippen LogP contribution >= 0.6 is 0 Å². The minimum Gasteiger partial charge on any atom is -0.495 e. The molecule has 32 heavy (non-hydrogen) atoms. The minimum atomic E-state index is -1.15. The number of nitrogens with zero attached hydrogens (tertiary/aromatic N) is 4. The molecule has 10 heteroatoms. The number of anilines is 1. The number of piperidine rings is 1. The van der Waals surface area contributed by atoms with Gasteiger partial charge in [0.05, 0.1) is 19.3 Å². The van der Waals surface area contributed by atoms with E-state index in [1.807, 2.05) is 0 Å². The zero-order chi connectivity index (χ0) is 22.2. The second kappa shape index (κ2) is 8.57. The maximum atomic E-state index is 14.8. The van der Waals surface area contributed by atoms with Crippen molar-refractivity contribution in [3.63, 3.8) is 0 Å². The predicted octanol–water partition coefficient (Wildman–Crippen LogP) is 3.85. The SMILES string of the molecule is COc1cc2ncc(-c3nc(NC4CNCC[C@@H]4F)c(F)cc3F)n2nc1C1CCCC1. The lowest BCUT2D eigenvalue weighted by molar-refractivity contribution is 0.240. The fraction of sp³-hybridized carbons (Fsp3) is 0.500. The van der Waals surface area contributed by atoms with Crippen LogP contribution in [0.5, 0.6) is 5.75 Å². The molecule has 0 spiro atoms. The second-order valence-corrected chi connectivity index (χ2v) is 8.40. The van der Waals surface area contributed by atoms with Gasteiger partial charge in [0.25, 0.3) is 0 Å². The van der Waals surface area contributed by atoms with Crippen LogP contribution < -0.4 is 15.4 Å². The highest BCUT2D eigenvalue weighted by atomic mass is 19.1. The van der Waals surface area contributed by atoms with Crippen molar-refractivity contribution < 1.29 is 17.9 Å². The quantitative estimate of drug-likeness (QED) is 0.620. The maximum absolute atomic E-state index is 14.8. The highest BCUT2D eigenvalue weighted by molar-refractivity contribution is 5.63. The van der Waals surface area contributed by atoms with Crippen molar-refractivity contribution in [2.24, 2.45) is 0 Å². The molecule has 1 saturated carbocycles. The molecule has 2 atom stereocenters. The predicted molar refractivity (Wildman–Crippen MR) is 114 cm³/mol. The van der Waals surface area contributed by atoms with Crippen LogP contribution in [0.2, 0.25) is 0 Å². The molecule has 1 aliphatic carbocycles. The summed E-state index contributed by atoms with van der Waals surface area (Å²) in [4.78, 5) is 8.50. The molecule has 1 aliphatic heterocycles. The molecule has 0 aromatic carbocycles. The van der Waals surface area contributed by atoms with E-state index in [-0.39, 0.29) is 17.4 Å². The van der Waals surface area contributed by atoms with Crippen molar-refractivity contribution in [2.75, 3.05) is 25.5 Å². The lowest BCUT2D eigenvalue weighted by Crippen LogP contribution is -2.46. The Balaban J connectivity index is 1.56. The number of aromatic nitrogens is 4. The summed E-state index contributed by atoms with van der Waals surface area (Å²) in [5.41, 5.74) is 1.46. The Morgan fingerprint density at radius 3 is 2.72 bits per heavy atom. The Kier molecular flexibility index (Phi) is 5.62. The Morgan fingerprint density at radius 1 is 1.16 bits per heavy atom. The summed E-state index contributed by atoms with van der Waals surface area (Å²) in [5.74, 6) is -1.01. The summed E-state index contributed by atoms with van der Waals surface area (Å²) >= 11 is 0. The number of nitrogens with one attached hydrogen (secondary N) is 2. The van der Waals surface area contributed by atoms with Gasteiger partial charge in [0.2, 0.25) is 0 Å². The molecule has 0 bridgehead atoms. The summed E-state index contributed by atoms with van der Waals surface area (Å²) in [5, 5.41) is 10.6. The van der Waals surface area contributed by atoms with E-state index in [9.17, 15) is 13.2 Å². The molecular weight excluding hydrogens is 421 g/mol. The van der Waals surface area contributed by atoms with E-state index in [1.165, 1.54) is 10.7 Å². The van der Waals surface area contributed by atoms with Crippen LogP contribution in [0.3, 0.4) is 0 Å². The van der Waals surface area contributed by atoms with Crippen molar-refractivity contribution >= 4 is 11.5 Å². The summed E-state index contributed by atoms with van der Waals surface area (Å²) in [6, 6.07) is 1.88. The Bertz CT molecular complexity index is 1130. The number of hydrogen-bond donors (Lipinski definition) is 2. The van der Waals surface area contributed by atoms with E-state index in [4.69, 9.17) is 9.84 Å². The number of methoxy groups -OCH3 is 1. The average Bonchev–Trinajstić information content (AvgIpc) is 3.46. The number of hydrogen-bond acceptors (Lipinski definition) is 6. The van der Waals surface area contributed by atoms with E-state index in [0.29, 0.717) is 36.6 Å². The van der Waals surface area contributed by atoms with Crippen molar-refractivity contribution in [3.8, 4) is 17.1 Å². The third-order valence-corrected chi connectivity index (χ3v) is 6.34. The first-order chi connectivity index (χ1) is 15.5. The smallest absolute Gasteiger partial charge is 0.168 e. The Hall–Kier alpha value is -2.88. The number of imidazole rings is 1. The summed E-state index contributed by atoms with van der Waals surface area (Å²) in [6.45, 7) is 0.890. The second-order valence-electron chi connectivity index (χ2n) is 8.40. The van der Waals surface area contributed by atoms with E-state index < -0.39 is 23.8 Å². The lowest BCUT2D eigenvalue weighted by atomic mass is 10.0. The normalized spacial score (nSPS) is 21.9. The first-order valence-electron chi connectivity index (χ1n) is 11.0. The third kappa shape index (κ3) is 3.76. The number of pyridine rings is 1. The molecular formula is C22H25F3N6O. The van der Waals surface area contributed by atoms with Crippen molar-refractivity contribution in [3.05, 3.63) is 35.7 Å². The molecule has 5 rings (SSSR count). The van der Waals surface area contributed by atoms with E-state index >= 15 is 0 Å². The molecule has 2 fully saturated rings. The van der Waals surface area contributed by atoms with E-state index in [2.05, 4.69) is 20.6 Å². The molecule has 2 N–H and O–H groups in total. The zero-order valence-electron chi connectivity index (χ0n) is 17.7. The molecule has 3 aromatic heterocycles. The van der Waals surface area contributed by atoms with Gasteiger partial charge in [0, 0.05) is 24.6 Å². The van der Waals surface area contributed by atoms with E-state index in [0.717, 1.165) is 37.4 Å². The van der Waals surface area contributed by atoms with Gasteiger partial charge in [-0.25, -0.2) is 27.7 Å². The van der Waals surface area contributed by atoms with Gasteiger partial charge < -0.3 is 15.4 Å². The third-order valence-electron chi connectivity index (χ3n) is 6.34. The number of alkyl halides is 1. The first-order valence-corrected chi connectivity index (χ1v) is 11.0. The van der Waals surface area contributed by atoms with Crippen LogP contribution in [0.4, 0.5) is 19.0 Å². The largest absolute Gasteiger partial charge is 0.495 e. The number of ether oxygens (including phenoxy) is 1. The van der Waals surface area contributed by atoms with Crippen LogP contribution in [-0.4, -0.2) is 52.0 Å². The number of rotatable bonds is 5. The molecule has 2 aliphatic rings. The Labute approximate surface area is 183 Å². The molecule has 7 nitrogen and oxygen atoms in total. The van der Waals surface area contributed by atoms with Crippen LogP contribution in [0.25, 0.3) is 17.0 Å². The van der Waals surface area contributed by atoms with Gasteiger partial charge in [0.1, 0.15) is 29.0 Å². The van der Waals surface area contributed by atoms with Gasteiger partial charge in [-0.05, 0) is 25.8 Å². The van der Waals surface area contributed by atoms with Gasteiger partial charge >= 0.3 is 0 Å². The summed E-state index contributed by atoms with van der Waals surface area (Å²) < 4.78 is 50.6. The fourth-order valence-corrected chi connectivity index (χ4v) is 4.61. The van der Waals surface area contributed by atoms with Crippen LogP contribution in [0.15, 0.2) is 18.3 Å². The molecule has 3 aromatic rings. The minimum absolute atomic E-state index is 0.101. The monoisotopic (exact) mass is 446 g/mol. The molecule has 1 unspecified atom stereocenters. The van der Waals surface area contributed by atoms with Gasteiger partial charge in [-0.2, -0.15) is 5.10 Å². The summed E-state index contributed by atoms with van der Waals surface area (Å²) in [6.07, 6.45) is 4.89. The molecule has 0 radical (unpaired) electrons. The van der Waals surface area contributed by atoms with Crippen LogP contribution in [0, 0.1) is 11.6 Å². The summed E-state index contributed by atoms with van der Waals surface area (Å²) in [7, 11) is 1.59. The van der Waals surface area contributed by atoms with Gasteiger partial charge in [-0.15, -0.1) is 0 Å². The first kappa shape index (κ1) is 21.0. The zero-order valence-corrected chi connectivity index (χ0v) is 17.7. The maximum Gasteiger partial charge on any atom is 0.168 e. The van der Waals surface area contributed by atoms with Gasteiger partial charge in [-0.1, -0.05) is 12.8 Å². The fourth-order valence-electron chi connectivity index (χ4n) is 4.61. The molecule has 1 saturated heterocycles. The molecule has 170 valence electrons. The lowest BCUT2D eigenvalue weighted by Gasteiger charge is -2.28. The van der Waals surface area contributed by atoms with Crippen molar-refractivity contribution in [1.29, 1.82) is 0 Å². The van der Waals surface area contributed by atoms with Crippen molar-refractivity contribution in [2.45, 2.75) is 50.2 Å². The van der Waals surface area contributed by atoms with Gasteiger partial charge in [0.15, 0.2) is 23.1 Å². The van der Waals surface area contributed by atoms with Crippen molar-refractivity contribution in [1.82, 2.24) is 24.9 Å². The highest BCUT2D eigenvalue weighted by Crippen LogP contribution is 2.38. The van der Waals surface area contributed by atoms with Crippen LogP contribution in [-0.2, 0) is 0 Å². The number of halogens is 3. The van der Waals surface area contributed by atoms with Crippen LogP contribution in [0.1, 0.15) is 43.7 Å². The molecule has 4 heterocycles. The topological polar surface area (TPSA) is 76.4 Å². The standard InChI is InChI=1S/C22H25F3N6O/c1-32-18-9-19-27-11-17(31(19)30-20(18)12-4-2-3-5-12)21-14(24)8-15(25)22(29-21)28-16-10-26-7-6-13(16)23/h8-9,11-13,16,26H,2-7,10H2,1H3,(H,28,29)/t13-,16?/m0/s1. The number of fused-ring (bicyclic) bond motifs is 1. The molecule has 0 amide bonds.